The van der Waals surface area contributed by atoms with E-state index in [1.807, 2.05) is 0 Å². The molecule has 3 rings (SSSR count). The summed E-state index contributed by atoms with van der Waals surface area (Å²) in [6.45, 7) is 3.86. The fourth-order valence-electron chi connectivity index (χ4n) is 2.69. The van der Waals surface area contributed by atoms with Gasteiger partial charge in [-0.05, 0) is 30.9 Å². The lowest BCUT2D eigenvalue weighted by atomic mass is 9.99. The van der Waals surface area contributed by atoms with Crippen molar-refractivity contribution in [3.05, 3.63) is 35.7 Å². The van der Waals surface area contributed by atoms with Gasteiger partial charge in [0.2, 0.25) is 0 Å². The van der Waals surface area contributed by atoms with E-state index in [9.17, 15) is 0 Å². The molecule has 1 aliphatic rings. The van der Waals surface area contributed by atoms with Gasteiger partial charge in [0.15, 0.2) is 5.82 Å². The van der Waals surface area contributed by atoms with Crippen molar-refractivity contribution < 1.29 is 0 Å². The minimum atomic E-state index is 0.553. The first kappa shape index (κ1) is 12.4. The van der Waals surface area contributed by atoms with Gasteiger partial charge in [-0.25, -0.2) is 0 Å². The molecular formula is C15H20N4. The summed E-state index contributed by atoms with van der Waals surface area (Å²) in [5.74, 6) is 2.63. The molecule has 2 N–H and O–H groups in total. The van der Waals surface area contributed by atoms with Crippen LogP contribution < -0.4 is 5.73 Å². The summed E-state index contributed by atoms with van der Waals surface area (Å²) in [7, 11) is 0. The van der Waals surface area contributed by atoms with Gasteiger partial charge in [0.25, 0.3) is 0 Å². The van der Waals surface area contributed by atoms with Crippen LogP contribution in [0.1, 0.15) is 24.7 Å². The number of fused-ring (bicyclic) bond motifs is 1. The zero-order valence-electron chi connectivity index (χ0n) is 11.3. The molecule has 1 atom stereocenters. The molecule has 4 nitrogen and oxygen atoms in total. The summed E-state index contributed by atoms with van der Waals surface area (Å²) >= 11 is 0. The van der Waals surface area contributed by atoms with E-state index < -0.39 is 0 Å². The van der Waals surface area contributed by atoms with Crippen LogP contribution in [0, 0.1) is 5.92 Å². The molecule has 0 bridgehead atoms. The second-order valence-corrected chi connectivity index (χ2v) is 5.24. The molecule has 2 aromatic rings. The molecule has 4 heteroatoms. The maximum Gasteiger partial charge on any atom is 0.163 e. The zero-order chi connectivity index (χ0) is 13.2. The first-order valence-electron chi connectivity index (χ1n) is 7.03. The SMILES string of the molecule is CCc1ccc(-c2nnc3n2CC(CN)CC3)cc1. The molecule has 0 spiro atoms. The average molecular weight is 256 g/mol. The summed E-state index contributed by atoms with van der Waals surface area (Å²) in [5, 5.41) is 8.68. The van der Waals surface area contributed by atoms with Crippen molar-refractivity contribution >= 4 is 0 Å². The zero-order valence-corrected chi connectivity index (χ0v) is 11.3. The number of nitrogens with two attached hydrogens (primary N) is 1. The first-order valence-corrected chi connectivity index (χ1v) is 7.03. The van der Waals surface area contributed by atoms with Crippen molar-refractivity contribution in [2.24, 2.45) is 11.7 Å². The van der Waals surface area contributed by atoms with E-state index in [-0.39, 0.29) is 0 Å². The molecule has 1 aromatic carbocycles. The molecule has 0 saturated heterocycles. The lowest BCUT2D eigenvalue weighted by molar-refractivity contribution is 0.375. The minimum Gasteiger partial charge on any atom is -0.330 e. The molecule has 0 amide bonds. The van der Waals surface area contributed by atoms with Gasteiger partial charge in [-0.1, -0.05) is 31.2 Å². The van der Waals surface area contributed by atoms with Crippen LogP contribution in [0.25, 0.3) is 11.4 Å². The number of nitrogens with zero attached hydrogens (tertiary/aromatic N) is 3. The van der Waals surface area contributed by atoms with E-state index in [0.717, 1.165) is 49.6 Å². The maximum atomic E-state index is 5.80. The smallest absolute Gasteiger partial charge is 0.163 e. The Balaban J connectivity index is 1.95. The summed E-state index contributed by atoms with van der Waals surface area (Å²) in [6, 6.07) is 8.62. The molecule has 0 fully saturated rings. The van der Waals surface area contributed by atoms with Crippen LogP contribution in [0.2, 0.25) is 0 Å². The highest BCUT2D eigenvalue weighted by Gasteiger charge is 2.22. The normalized spacial score (nSPS) is 18.3. The molecule has 2 heterocycles. The number of hydrogen-bond donors (Lipinski definition) is 1. The van der Waals surface area contributed by atoms with Gasteiger partial charge in [0, 0.05) is 18.5 Å². The van der Waals surface area contributed by atoms with Crippen molar-refractivity contribution in [2.45, 2.75) is 32.7 Å². The Morgan fingerprint density at radius 1 is 1.26 bits per heavy atom. The molecule has 1 aromatic heterocycles. The molecule has 0 aliphatic carbocycles. The monoisotopic (exact) mass is 256 g/mol. The predicted molar refractivity (Wildman–Crippen MR) is 75.7 cm³/mol. The van der Waals surface area contributed by atoms with Gasteiger partial charge in [-0.2, -0.15) is 0 Å². The largest absolute Gasteiger partial charge is 0.330 e. The van der Waals surface area contributed by atoms with Crippen molar-refractivity contribution in [1.29, 1.82) is 0 Å². The van der Waals surface area contributed by atoms with Crippen molar-refractivity contribution in [3.63, 3.8) is 0 Å². The van der Waals surface area contributed by atoms with E-state index in [0.29, 0.717) is 5.92 Å². The third-order valence-corrected chi connectivity index (χ3v) is 4.00. The van der Waals surface area contributed by atoms with E-state index in [4.69, 9.17) is 5.73 Å². The summed E-state index contributed by atoms with van der Waals surface area (Å²) in [4.78, 5) is 0. The quantitative estimate of drug-likeness (QED) is 0.914. The molecule has 1 aliphatic heterocycles. The lowest BCUT2D eigenvalue weighted by Crippen LogP contribution is -2.26. The van der Waals surface area contributed by atoms with Crippen LogP contribution in [-0.4, -0.2) is 21.3 Å². The highest BCUT2D eigenvalue weighted by molar-refractivity contribution is 5.56. The van der Waals surface area contributed by atoms with Gasteiger partial charge in [-0.3, -0.25) is 0 Å². The van der Waals surface area contributed by atoms with Crippen LogP contribution in [0.3, 0.4) is 0 Å². The minimum absolute atomic E-state index is 0.553. The van der Waals surface area contributed by atoms with Crippen molar-refractivity contribution in [2.75, 3.05) is 6.54 Å². The Bertz CT molecular complexity index is 556. The number of aryl methyl sites for hydroxylation is 2. The second kappa shape index (κ2) is 5.13. The maximum absolute atomic E-state index is 5.80. The van der Waals surface area contributed by atoms with Gasteiger partial charge >= 0.3 is 0 Å². The van der Waals surface area contributed by atoms with Gasteiger partial charge in [0.1, 0.15) is 5.82 Å². The standard InChI is InChI=1S/C15H20N4/c1-2-11-3-6-13(7-4-11)15-18-17-14-8-5-12(9-16)10-19(14)15/h3-4,6-7,12H,2,5,8-10,16H2,1H3. The van der Waals surface area contributed by atoms with E-state index in [1.165, 1.54) is 5.56 Å². The Kier molecular flexibility index (Phi) is 3.34. The number of hydrogen-bond acceptors (Lipinski definition) is 3. The number of rotatable bonds is 3. The van der Waals surface area contributed by atoms with Crippen molar-refractivity contribution in [3.8, 4) is 11.4 Å². The predicted octanol–water partition coefficient (Wildman–Crippen LogP) is 2.03. The van der Waals surface area contributed by atoms with E-state index in [1.54, 1.807) is 0 Å². The van der Waals surface area contributed by atoms with E-state index >= 15 is 0 Å². The van der Waals surface area contributed by atoms with Gasteiger partial charge < -0.3 is 10.3 Å². The summed E-state index contributed by atoms with van der Waals surface area (Å²) in [6.07, 6.45) is 3.18. The topological polar surface area (TPSA) is 56.7 Å². The molecule has 100 valence electrons. The third-order valence-electron chi connectivity index (χ3n) is 4.00. The van der Waals surface area contributed by atoms with Crippen LogP contribution >= 0.6 is 0 Å². The Hall–Kier alpha value is -1.68. The summed E-state index contributed by atoms with van der Waals surface area (Å²) in [5.41, 5.74) is 8.30. The third kappa shape index (κ3) is 2.28. The average Bonchev–Trinajstić information content (AvgIpc) is 2.90. The van der Waals surface area contributed by atoms with Crippen LogP contribution in [0.5, 0.6) is 0 Å². The first-order chi connectivity index (χ1) is 9.31. The van der Waals surface area contributed by atoms with E-state index in [2.05, 4.69) is 46.0 Å². The number of aromatic nitrogens is 3. The van der Waals surface area contributed by atoms with Crippen molar-refractivity contribution in [1.82, 2.24) is 14.8 Å². The molecule has 0 radical (unpaired) electrons. The van der Waals surface area contributed by atoms with Crippen LogP contribution in [0.15, 0.2) is 24.3 Å². The molecule has 0 saturated carbocycles. The molecule has 1 unspecified atom stereocenters. The van der Waals surface area contributed by atoms with Gasteiger partial charge in [-0.15, -0.1) is 10.2 Å². The molecular weight excluding hydrogens is 236 g/mol. The van der Waals surface area contributed by atoms with Crippen LogP contribution in [-0.2, 0) is 19.4 Å². The Morgan fingerprint density at radius 3 is 2.74 bits per heavy atom. The van der Waals surface area contributed by atoms with Gasteiger partial charge in [0.05, 0.1) is 0 Å². The fraction of sp³-hybridized carbons (Fsp3) is 0.467. The highest BCUT2D eigenvalue weighted by atomic mass is 15.3. The molecule has 19 heavy (non-hydrogen) atoms. The number of benzene rings is 1. The second-order valence-electron chi connectivity index (χ2n) is 5.24. The summed E-state index contributed by atoms with van der Waals surface area (Å²) < 4.78 is 2.24. The Labute approximate surface area is 113 Å². The lowest BCUT2D eigenvalue weighted by Gasteiger charge is -2.22. The highest BCUT2D eigenvalue weighted by Crippen LogP contribution is 2.25. The fourth-order valence-corrected chi connectivity index (χ4v) is 2.69. The van der Waals surface area contributed by atoms with Crippen LogP contribution in [0.4, 0.5) is 0 Å². The Morgan fingerprint density at radius 2 is 2.05 bits per heavy atom.